The third-order valence-electron chi connectivity index (χ3n) is 9.41. The third kappa shape index (κ3) is 5.37. The van der Waals surface area contributed by atoms with Gasteiger partial charge in [-0.1, -0.05) is 123 Å². The Kier molecular flexibility index (Phi) is 8.57. The first-order valence-electron chi connectivity index (χ1n) is 15.2. The van der Waals surface area contributed by atoms with Crippen LogP contribution in [0, 0.1) is 11.2 Å². The number of carbonyl (C=O) groups is 1. The molecule has 4 aromatic carbocycles. The van der Waals surface area contributed by atoms with Gasteiger partial charge in [0.25, 0.3) is 0 Å². The van der Waals surface area contributed by atoms with E-state index in [0.717, 1.165) is 5.56 Å². The van der Waals surface area contributed by atoms with Crippen molar-refractivity contribution >= 4 is 34.8 Å². The number of halogens is 3. The molecule has 1 spiro atoms. The van der Waals surface area contributed by atoms with E-state index in [0.29, 0.717) is 28.3 Å². The third-order valence-corrected chi connectivity index (χ3v) is 9.93. The first-order valence-corrected chi connectivity index (χ1v) is 16.0. The standard InChI is InChI=1S/C37H37Cl2FN2O3/c1-36(2,3)20-30-37(26-18-17-24(38)19-28(26)41-35(37)45)31(25-15-10-16-27(39)32(25)40)29(21-43)42(30)33(22-11-6-4-7-12-22)34(44)23-13-8-5-9-14-23/h4-19,29-31,33-34,43-44H,20-21H2,1-3H3,(H,41,45). The molecule has 0 bridgehead atoms. The van der Waals surface area contributed by atoms with Gasteiger partial charge in [0.05, 0.1) is 23.8 Å². The van der Waals surface area contributed by atoms with E-state index in [9.17, 15) is 15.0 Å². The molecular weight excluding hydrogens is 610 g/mol. The summed E-state index contributed by atoms with van der Waals surface area (Å²) in [7, 11) is 0. The number of aliphatic hydroxyl groups is 2. The van der Waals surface area contributed by atoms with Crippen molar-refractivity contribution in [3.05, 3.63) is 135 Å². The van der Waals surface area contributed by atoms with E-state index in [1.54, 1.807) is 24.3 Å². The number of hydrogen-bond acceptors (Lipinski definition) is 4. The molecule has 0 radical (unpaired) electrons. The quantitative estimate of drug-likeness (QED) is 0.190. The minimum Gasteiger partial charge on any atom is -0.395 e. The highest BCUT2D eigenvalue weighted by molar-refractivity contribution is 6.31. The molecule has 3 N–H and O–H groups in total. The fourth-order valence-corrected chi connectivity index (χ4v) is 8.13. The molecule has 1 fully saturated rings. The number of carbonyl (C=O) groups excluding carboxylic acids is 1. The predicted octanol–water partition coefficient (Wildman–Crippen LogP) is 8.06. The van der Waals surface area contributed by atoms with Crippen LogP contribution in [-0.2, 0) is 10.2 Å². The monoisotopic (exact) mass is 646 g/mol. The molecular formula is C37H37Cl2FN2O3. The van der Waals surface area contributed by atoms with E-state index in [-0.39, 0.29) is 21.9 Å². The molecule has 4 aromatic rings. The number of fused-ring (bicyclic) bond motifs is 2. The molecule has 1 amide bonds. The molecule has 0 aromatic heterocycles. The van der Waals surface area contributed by atoms with Crippen molar-refractivity contribution in [2.24, 2.45) is 5.41 Å². The van der Waals surface area contributed by atoms with Gasteiger partial charge in [0, 0.05) is 28.7 Å². The number of hydrogen-bond donors (Lipinski definition) is 3. The highest BCUT2D eigenvalue weighted by Gasteiger charge is 2.69. The molecule has 5 nitrogen and oxygen atoms in total. The second-order valence-electron chi connectivity index (χ2n) is 13.3. The summed E-state index contributed by atoms with van der Waals surface area (Å²) < 4.78 is 16.3. The van der Waals surface area contributed by atoms with Crippen LogP contribution < -0.4 is 5.32 Å². The van der Waals surface area contributed by atoms with Gasteiger partial charge >= 0.3 is 0 Å². The van der Waals surface area contributed by atoms with Gasteiger partial charge in [0.2, 0.25) is 5.91 Å². The Hall–Kier alpha value is -3.26. The summed E-state index contributed by atoms with van der Waals surface area (Å²) in [6.07, 6.45) is -0.554. The van der Waals surface area contributed by atoms with Crippen molar-refractivity contribution in [1.82, 2.24) is 4.90 Å². The molecule has 6 unspecified atom stereocenters. The van der Waals surface area contributed by atoms with Crippen LogP contribution in [0.15, 0.2) is 97.1 Å². The zero-order valence-electron chi connectivity index (χ0n) is 25.4. The lowest BCUT2D eigenvalue weighted by atomic mass is 9.62. The van der Waals surface area contributed by atoms with E-state index in [2.05, 4.69) is 31.0 Å². The van der Waals surface area contributed by atoms with Crippen LogP contribution in [0.5, 0.6) is 0 Å². The maximum Gasteiger partial charge on any atom is 0.237 e. The number of amides is 1. The number of nitrogens with zero attached hydrogens (tertiary/aromatic N) is 1. The van der Waals surface area contributed by atoms with Gasteiger partial charge in [-0.15, -0.1) is 0 Å². The number of likely N-dealkylation sites (tertiary alicyclic amines) is 1. The summed E-state index contributed by atoms with van der Waals surface area (Å²) in [5.41, 5.74) is 1.29. The molecule has 8 heteroatoms. The second kappa shape index (κ2) is 12.2. The van der Waals surface area contributed by atoms with E-state index >= 15 is 4.39 Å². The van der Waals surface area contributed by atoms with E-state index in [1.807, 2.05) is 66.7 Å². The summed E-state index contributed by atoms with van der Waals surface area (Å²) in [5, 5.41) is 27.1. The summed E-state index contributed by atoms with van der Waals surface area (Å²) >= 11 is 12.8. The maximum atomic E-state index is 16.3. The van der Waals surface area contributed by atoms with E-state index < -0.39 is 48.0 Å². The van der Waals surface area contributed by atoms with Crippen LogP contribution in [0.4, 0.5) is 10.1 Å². The van der Waals surface area contributed by atoms with Crippen LogP contribution in [0.3, 0.4) is 0 Å². The van der Waals surface area contributed by atoms with Crippen LogP contribution >= 0.6 is 23.2 Å². The Morgan fingerprint density at radius 3 is 2.20 bits per heavy atom. The smallest absolute Gasteiger partial charge is 0.237 e. The lowest BCUT2D eigenvalue weighted by molar-refractivity contribution is -0.123. The Morgan fingerprint density at radius 1 is 0.933 bits per heavy atom. The molecule has 2 heterocycles. The lowest BCUT2D eigenvalue weighted by Crippen LogP contribution is -2.52. The average molecular weight is 648 g/mol. The Bertz CT molecular complexity index is 1700. The second-order valence-corrected chi connectivity index (χ2v) is 14.2. The first-order chi connectivity index (χ1) is 21.5. The number of anilines is 1. The fourth-order valence-electron chi connectivity index (χ4n) is 7.78. The maximum absolute atomic E-state index is 16.3. The summed E-state index contributed by atoms with van der Waals surface area (Å²) in [6.45, 7) is 5.89. The van der Waals surface area contributed by atoms with Gasteiger partial charge in [0.1, 0.15) is 11.2 Å². The largest absolute Gasteiger partial charge is 0.395 e. The lowest BCUT2D eigenvalue weighted by Gasteiger charge is -2.44. The molecule has 6 atom stereocenters. The van der Waals surface area contributed by atoms with Crippen LogP contribution in [0.2, 0.25) is 10.0 Å². The molecule has 2 aliphatic rings. The van der Waals surface area contributed by atoms with Crippen LogP contribution in [0.25, 0.3) is 0 Å². The van der Waals surface area contributed by atoms with Crippen molar-refractivity contribution < 1.29 is 19.4 Å². The van der Waals surface area contributed by atoms with Crippen molar-refractivity contribution in [3.8, 4) is 0 Å². The first kappa shape index (κ1) is 31.7. The average Bonchev–Trinajstić information content (AvgIpc) is 3.45. The highest BCUT2D eigenvalue weighted by atomic mass is 35.5. The van der Waals surface area contributed by atoms with Gasteiger partial charge in [0.15, 0.2) is 0 Å². The van der Waals surface area contributed by atoms with Crippen LogP contribution in [-0.4, -0.2) is 39.7 Å². The number of nitrogens with one attached hydrogen (secondary N) is 1. The van der Waals surface area contributed by atoms with Gasteiger partial charge < -0.3 is 15.5 Å². The molecule has 0 aliphatic carbocycles. The van der Waals surface area contributed by atoms with Gasteiger partial charge in [-0.2, -0.15) is 0 Å². The van der Waals surface area contributed by atoms with Crippen molar-refractivity contribution in [2.75, 3.05) is 11.9 Å². The van der Waals surface area contributed by atoms with Crippen molar-refractivity contribution in [3.63, 3.8) is 0 Å². The topological polar surface area (TPSA) is 72.8 Å². The summed E-state index contributed by atoms with van der Waals surface area (Å²) in [4.78, 5) is 16.9. The molecule has 45 heavy (non-hydrogen) atoms. The number of rotatable bonds is 7. The van der Waals surface area contributed by atoms with Crippen LogP contribution in [0.1, 0.15) is 67.5 Å². The number of benzene rings is 4. The SMILES string of the molecule is CC(C)(C)CC1N(C(c2ccccc2)C(O)c2ccccc2)C(CO)C(c2cccc(Cl)c2F)C12C(=O)Nc1cc(Cl)ccc12. The minimum atomic E-state index is -1.37. The molecule has 0 saturated carbocycles. The Balaban J connectivity index is 1.70. The Labute approximate surface area is 273 Å². The van der Waals surface area contributed by atoms with Gasteiger partial charge in [-0.25, -0.2) is 4.39 Å². The Morgan fingerprint density at radius 2 is 1.58 bits per heavy atom. The predicted molar refractivity (Wildman–Crippen MR) is 177 cm³/mol. The molecule has 2 aliphatic heterocycles. The van der Waals surface area contributed by atoms with Gasteiger partial charge in [-0.05, 0) is 52.3 Å². The fraction of sp³-hybridized carbons (Fsp3) is 0.324. The minimum absolute atomic E-state index is 0.0659. The molecule has 6 rings (SSSR count). The summed E-state index contributed by atoms with van der Waals surface area (Å²) in [5.74, 6) is -1.81. The zero-order chi connectivity index (χ0) is 32.1. The zero-order valence-corrected chi connectivity index (χ0v) is 26.9. The van der Waals surface area contributed by atoms with Crippen molar-refractivity contribution in [2.45, 2.75) is 62.8 Å². The van der Waals surface area contributed by atoms with Gasteiger partial charge in [-0.3, -0.25) is 9.69 Å². The normalized spacial score (nSPS) is 24.4. The highest BCUT2D eigenvalue weighted by Crippen LogP contribution is 2.62. The molecule has 1 saturated heterocycles. The van der Waals surface area contributed by atoms with E-state index in [4.69, 9.17) is 23.2 Å². The van der Waals surface area contributed by atoms with E-state index in [1.165, 1.54) is 6.07 Å². The summed E-state index contributed by atoms with van der Waals surface area (Å²) in [6, 6.07) is 27.0. The molecule has 234 valence electrons. The van der Waals surface area contributed by atoms with Crippen molar-refractivity contribution in [1.29, 1.82) is 0 Å². The number of aliphatic hydroxyl groups excluding tert-OH is 2.